The summed E-state index contributed by atoms with van der Waals surface area (Å²) in [4.78, 5) is 2.10. The van der Waals surface area contributed by atoms with Crippen LogP contribution in [0.3, 0.4) is 0 Å². The van der Waals surface area contributed by atoms with Gasteiger partial charge in [0.1, 0.15) is 0 Å². The number of rotatable bonds is 4. The molecule has 0 unspecified atom stereocenters. The quantitative estimate of drug-likeness (QED) is 0.751. The van der Waals surface area contributed by atoms with E-state index in [2.05, 4.69) is 10.2 Å². The zero-order valence-corrected chi connectivity index (χ0v) is 9.30. The summed E-state index contributed by atoms with van der Waals surface area (Å²) in [6, 6.07) is 5.60. The van der Waals surface area contributed by atoms with E-state index in [0.29, 0.717) is 10.7 Å². The molecule has 0 saturated heterocycles. The Morgan fingerprint density at radius 3 is 2.79 bits per heavy atom. The lowest BCUT2D eigenvalue weighted by atomic mass is 10.2. The summed E-state index contributed by atoms with van der Waals surface area (Å²) >= 11 is 5.88. The van der Waals surface area contributed by atoms with Crippen LogP contribution in [0.5, 0.6) is 0 Å². The first kappa shape index (κ1) is 11.1. The van der Waals surface area contributed by atoms with E-state index in [9.17, 15) is 0 Å². The molecule has 14 heavy (non-hydrogen) atoms. The second-order valence-electron chi connectivity index (χ2n) is 3.43. The maximum atomic E-state index is 5.88. The Kier molecular flexibility index (Phi) is 4.04. The molecule has 1 rings (SSSR count). The first-order chi connectivity index (χ1) is 6.61. The van der Waals surface area contributed by atoms with Gasteiger partial charge in [0, 0.05) is 13.1 Å². The number of halogens is 1. The van der Waals surface area contributed by atoms with E-state index in [0.717, 1.165) is 18.8 Å². The van der Waals surface area contributed by atoms with Crippen molar-refractivity contribution >= 4 is 23.0 Å². The van der Waals surface area contributed by atoms with Crippen molar-refractivity contribution in [3.63, 3.8) is 0 Å². The molecule has 0 spiro atoms. The Morgan fingerprint density at radius 1 is 1.43 bits per heavy atom. The first-order valence-electron chi connectivity index (χ1n) is 4.54. The molecule has 0 atom stereocenters. The summed E-state index contributed by atoms with van der Waals surface area (Å²) in [6.45, 7) is 1.82. The Labute approximate surface area is 89.8 Å². The number of nitrogens with zero attached hydrogens (tertiary/aromatic N) is 1. The Bertz CT molecular complexity index is 299. The molecule has 4 heteroatoms. The summed E-state index contributed by atoms with van der Waals surface area (Å²) in [7, 11) is 4.06. The zero-order valence-electron chi connectivity index (χ0n) is 8.55. The lowest BCUT2D eigenvalue weighted by Gasteiger charge is -2.13. The van der Waals surface area contributed by atoms with Crippen LogP contribution in [-0.4, -0.2) is 32.1 Å². The van der Waals surface area contributed by atoms with Gasteiger partial charge in [-0.2, -0.15) is 0 Å². The van der Waals surface area contributed by atoms with Gasteiger partial charge in [0.2, 0.25) is 0 Å². The van der Waals surface area contributed by atoms with Crippen molar-refractivity contribution in [1.29, 1.82) is 0 Å². The van der Waals surface area contributed by atoms with Crippen LogP contribution in [0.2, 0.25) is 5.02 Å². The van der Waals surface area contributed by atoms with Crippen LogP contribution in [0.25, 0.3) is 0 Å². The second kappa shape index (κ2) is 5.08. The van der Waals surface area contributed by atoms with E-state index in [-0.39, 0.29) is 0 Å². The number of benzene rings is 1. The van der Waals surface area contributed by atoms with E-state index in [1.54, 1.807) is 6.07 Å². The molecule has 0 radical (unpaired) electrons. The van der Waals surface area contributed by atoms with Gasteiger partial charge >= 0.3 is 0 Å². The van der Waals surface area contributed by atoms with Crippen molar-refractivity contribution in [1.82, 2.24) is 4.90 Å². The largest absolute Gasteiger partial charge is 0.396 e. The Hall–Kier alpha value is -0.930. The number of likely N-dealkylation sites (N-methyl/N-ethyl adjacent to an activating group) is 1. The van der Waals surface area contributed by atoms with Crippen molar-refractivity contribution in [2.45, 2.75) is 0 Å². The topological polar surface area (TPSA) is 41.3 Å². The molecule has 0 saturated carbocycles. The van der Waals surface area contributed by atoms with E-state index in [4.69, 9.17) is 17.3 Å². The Balaban J connectivity index is 2.54. The van der Waals surface area contributed by atoms with Crippen molar-refractivity contribution < 1.29 is 0 Å². The molecule has 78 valence electrons. The molecule has 0 amide bonds. The lowest BCUT2D eigenvalue weighted by molar-refractivity contribution is 0.425. The maximum absolute atomic E-state index is 5.88. The number of para-hydroxylation sites is 1. The summed E-state index contributed by atoms with van der Waals surface area (Å²) < 4.78 is 0. The molecule has 0 bridgehead atoms. The summed E-state index contributed by atoms with van der Waals surface area (Å²) in [5, 5.41) is 3.83. The number of hydrogen-bond acceptors (Lipinski definition) is 3. The summed E-state index contributed by atoms with van der Waals surface area (Å²) in [5.74, 6) is 0. The molecule has 0 fully saturated rings. The van der Waals surface area contributed by atoms with Crippen LogP contribution < -0.4 is 11.1 Å². The van der Waals surface area contributed by atoms with Gasteiger partial charge in [0.25, 0.3) is 0 Å². The molecule has 0 aliphatic carbocycles. The summed E-state index contributed by atoms with van der Waals surface area (Å²) in [6.07, 6.45) is 0. The number of nitrogen functional groups attached to an aromatic ring is 1. The third kappa shape index (κ3) is 3.09. The van der Waals surface area contributed by atoms with E-state index in [1.165, 1.54) is 0 Å². The van der Waals surface area contributed by atoms with Gasteiger partial charge in [0.15, 0.2) is 0 Å². The fraction of sp³-hybridized carbons (Fsp3) is 0.400. The molecule has 0 aliphatic rings. The highest BCUT2D eigenvalue weighted by atomic mass is 35.5. The molecule has 0 aromatic heterocycles. The molecule has 1 aromatic carbocycles. The van der Waals surface area contributed by atoms with Gasteiger partial charge in [-0.1, -0.05) is 17.7 Å². The van der Waals surface area contributed by atoms with E-state index < -0.39 is 0 Å². The number of nitrogens with one attached hydrogen (secondary N) is 1. The van der Waals surface area contributed by atoms with Gasteiger partial charge < -0.3 is 16.0 Å². The Morgan fingerprint density at radius 2 is 2.14 bits per heavy atom. The number of nitrogens with two attached hydrogens (primary N) is 1. The minimum absolute atomic E-state index is 0.597. The standard InChI is InChI=1S/C10H16ClN3/c1-14(2)7-6-13-9-5-3-4-8(11)10(9)12/h3-5,13H,6-7,12H2,1-2H3. The SMILES string of the molecule is CN(C)CCNc1cccc(Cl)c1N. The first-order valence-corrected chi connectivity index (χ1v) is 4.91. The third-order valence-corrected chi connectivity index (χ3v) is 2.26. The number of hydrogen-bond donors (Lipinski definition) is 2. The number of anilines is 2. The van der Waals surface area contributed by atoms with Crippen molar-refractivity contribution in [3.8, 4) is 0 Å². The lowest BCUT2D eigenvalue weighted by Crippen LogP contribution is -2.21. The monoisotopic (exact) mass is 213 g/mol. The highest BCUT2D eigenvalue weighted by Crippen LogP contribution is 2.26. The molecule has 0 heterocycles. The van der Waals surface area contributed by atoms with Gasteiger partial charge in [-0.3, -0.25) is 0 Å². The average Bonchev–Trinajstić information content (AvgIpc) is 2.12. The van der Waals surface area contributed by atoms with Crippen molar-refractivity contribution in [3.05, 3.63) is 23.2 Å². The van der Waals surface area contributed by atoms with Gasteiger partial charge in [-0.25, -0.2) is 0 Å². The minimum atomic E-state index is 0.597. The van der Waals surface area contributed by atoms with Crippen molar-refractivity contribution in [2.75, 3.05) is 38.2 Å². The van der Waals surface area contributed by atoms with Gasteiger partial charge in [-0.15, -0.1) is 0 Å². The highest BCUT2D eigenvalue weighted by molar-refractivity contribution is 6.33. The zero-order chi connectivity index (χ0) is 10.6. The predicted molar refractivity (Wildman–Crippen MR) is 62.9 cm³/mol. The smallest absolute Gasteiger partial charge is 0.0739 e. The predicted octanol–water partition coefficient (Wildman–Crippen LogP) is 1.90. The van der Waals surface area contributed by atoms with E-state index in [1.807, 2.05) is 26.2 Å². The van der Waals surface area contributed by atoms with Gasteiger partial charge in [0.05, 0.1) is 16.4 Å². The van der Waals surface area contributed by atoms with E-state index >= 15 is 0 Å². The van der Waals surface area contributed by atoms with Crippen LogP contribution in [0, 0.1) is 0 Å². The molecule has 0 aliphatic heterocycles. The van der Waals surface area contributed by atoms with Crippen LogP contribution in [0.4, 0.5) is 11.4 Å². The van der Waals surface area contributed by atoms with Crippen LogP contribution >= 0.6 is 11.6 Å². The highest BCUT2D eigenvalue weighted by Gasteiger charge is 2.01. The van der Waals surface area contributed by atoms with Crippen LogP contribution in [-0.2, 0) is 0 Å². The van der Waals surface area contributed by atoms with Crippen molar-refractivity contribution in [2.24, 2.45) is 0 Å². The maximum Gasteiger partial charge on any atom is 0.0739 e. The fourth-order valence-corrected chi connectivity index (χ4v) is 1.28. The second-order valence-corrected chi connectivity index (χ2v) is 3.84. The fourth-order valence-electron chi connectivity index (χ4n) is 1.11. The van der Waals surface area contributed by atoms with Gasteiger partial charge in [-0.05, 0) is 26.2 Å². The molecule has 3 nitrogen and oxygen atoms in total. The van der Waals surface area contributed by atoms with Crippen LogP contribution in [0.15, 0.2) is 18.2 Å². The average molecular weight is 214 g/mol. The molecule has 1 aromatic rings. The third-order valence-electron chi connectivity index (χ3n) is 1.93. The molecular formula is C10H16ClN3. The summed E-state index contributed by atoms with van der Waals surface area (Å²) in [5.41, 5.74) is 7.31. The van der Waals surface area contributed by atoms with Crippen LogP contribution in [0.1, 0.15) is 0 Å². The minimum Gasteiger partial charge on any atom is -0.396 e. The molecule has 3 N–H and O–H groups in total. The molecular weight excluding hydrogens is 198 g/mol. The normalized spacial score (nSPS) is 10.6.